The highest BCUT2D eigenvalue weighted by Gasteiger charge is 2.17. The van der Waals surface area contributed by atoms with Crippen molar-refractivity contribution in [1.82, 2.24) is 20.4 Å². The summed E-state index contributed by atoms with van der Waals surface area (Å²) in [5.41, 5.74) is 2.12. The van der Waals surface area contributed by atoms with Gasteiger partial charge in [-0.2, -0.15) is 4.98 Å². The van der Waals surface area contributed by atoms with Crippen molar-refractivity contribution < 1.29 is 9.32 Å². The van der Waals surface area contributed by atoms with Crippen LogP contribution in [0.25, 0.3) is 22.3 Å². The summed E-state index contributed by atoms with van der Waals surface area (Å²) in [5, 5.41) is 8.27. The minimum Gasteiger partial charge on any atom is -0.350 e. The number of nitrogens with one attached hydrogen (secondary N) is 2. The van der Waals surface area contributed by atoms with E-state index in [-0.39, 0.29) is 12.5 Å². The number of benzene rings is 2. The lowest BCUT2D eigenvalue weighted by molar-refractivity contribution is 0.0941. The molecule has 0 bridgehead atoms. The maximum absolute atomic E-state index is 12.4. The van der Waals surface area contributed by atoms with Crippen molar-refractivity contribution >= 4 is 44.3 Å². The fourth-order valence-corrected chi connectivity index (χ4v) is 3.30. The number of fused-ring (bicyclic) bond motifs is 1. The van der Waals surface area contributed by atoms with Crippen molar-refractivity contribution in [3.63, 3.8) is 0 Å². The number of aromatic amines is 1. The van der Waals surface area contributed by atoms with Crippen LogP contribution in [0.4, 0.5) is 0 Å². The van der Waals surface area contributed by atoms with Crippen molar-refractivity contribution in [2.75, 3.05) is 0 Å². The minimum absolute atomic E-state index is 0.126. The van der Waals surface area contributed by atoms with Crippen LogP contribution in [-0.2, 0) is 6.54 Å². The number of aromatic nitrogens is 3. The molecule has 0 aliphatic heterocycles. The van der Waals surface area contributed by atoms with Crippen molar-refractivity contribution in [3.8, 4) is 11.4 Å². The molecule has 0 aliphatic rings. The molecule has 2 heterocycles. The number of hydrogen-bond acceptors (Lipinski definition) is 4. The molecule has 4 aromatic rings. The fraction of sp³-hybridized carbons (Fsp3) is 0.0556. The summed E-state index contributed by atoms with van der Waals surface area (Å²) in [5.74, 6) is 0.493. The monoisotopic (exact) mass is 430 g/mol. The first-order valence-electron chi connectivity index (χ1n) is 7.75. The van der Waals surface area contributed by atoms with Gasteiger partial charge in [-0.15, -0.1) is 0 Å². The van der Waals surface area contributed by atoms with Gasteiger partial charge in [0.15, 0.2) is 0 Å². The Bertz CT molecular complexity index is 1090. The van der Waals surface area contributed by atoms with E-state index in [1.807, 2.05) is 24.3 Å². The Morgan fingerprint density at radius 2 is 1.96 bits per heavy atom. The van der Waals surface area contributed by atoms with Crippen LogP contribution in [0.3, 0.4) is 0 Å². The number of H-pyrrole nitrogens is 1. The first-order valence-corrected chi connectivity index (χ1v) is 8.92. The SMILES string of the molecule is O=C(NCc1nc(-c2ccc(Cl)cc2)no1)c1[nH]c2ccccc2c1Br. The number of halogens is 2. The molecule has 0 saturated carbocycles. The summed E-state index contributed by atoms with van der Waals surface area (Å²) in [4.78, 5) is 19.8. The predicted molar refractivity (Wildman–Crippen MR) is 102 cm³/mol. The third-order valence-electron chi connectivity index (χ3n) is 3.84. The number of amides is 1. The highest BCUT2D eigenvalue weighted by Crippen LogP contribution is 2.27. The summed E-state index contributed by atoms with van der Waals surface area (Å²) in [6, 6.07) is 14.8. The first kappa shape index (κ1) is 16.8. The second kappa shape index (κ2) is 6.93. The molecule has 130 valence electrons. The Kier molecular flexibility index (Phi) is 4.48. The molecule has 6 nitrogen and oxygen atoms in total. The number of para-hydroxylation sites is 1. The third-order valence-corrected chi connectivity index (χ3v) is 4.92. The quantitative estimate of drug-likeness (QED) is 0.496. The van der Waals surface area contributed by atoms with Crippen LogP contribution in [0.1, 0.15) is 16.4 Å². The maximum Gasteiger partial charge on any atom is 0.269 e. The van der Waals surface area contributed by atoms with E-state index in [9.17, 15) is 4.79 Å². The van der Waals surface area contributed by atoms with E-state index in [4.69, 9.17) is 16.1 Å². The minimum atomic E-state index is -0.265. The lowest BCUT2D eigenvalue weighted by Crippen LogP contribution is -2.23. The topological polar surface area (TPSA) is 83.8 Å². The van der Waals surface area contributed by atoms with Crippen molar-refractivity contribution in [3.05, 3.63) is 69.6 Å². The smallest absolute Gasteiger partial charge is 0.269 e. The van der Waals surface area contributed by atoms with Gasteiger partial charge in [-0.3, -0.25) is 4.79 Å². The lowest BCUT2D eigenvalue weighted by Gasteiger charge is -2.00. The molecule has 8 heteroatoms. The van der Waals surface area contributed by atoms with Gasteiger partial charge in [0.05, 0.1) is 11.0 Å². The third kappa shape index (κ3) is 3.23. The Labute approximate surface area is 161 Å². The molecule has 2 N–H and O–H groups in total. The van der Waals surface area contributed by atoms with E-state index < -0.39 is 0 Å². The molecule has 26 heavy (non-hydrogen) atoms. The lowest BCUT2D eigenvalue weighted by atomic mass is 10.2. The van der Waals surface area contributed by atoms with E-state index in [2.05, 4.69) is 36.4 Å². The summed E-state index contributed by atoms with van der Waals surface area (Å²) in [6.45, 7) is 0.126. The number of carbonyl (C=O) groups excluding carboxylic acids is 1. The van der Waals surface area contributed by atoms with E-state index in [0.29, 0.717) is 22.4 Å². The maximum atomic E-state index is 12.4. The van der Waals surface area contributed by atoms with Gasteiger partial charge in [-0.1, -0.05) is 35.0 Å². The van der Waals surface area contributed by atoms with Gasteiger partial charge in [0.2, 0.25) is 11.7 Å². The predicted octanol–water partition coefficient (Wildman–Crippen LogP) is 4.56. The molecule has 0 saturated heterocycles. The summed E-state index contributed by atoms with van der Waals surface area (Å²) >= 11 is 9.34. The van der Waals surface area contributed by atoms with Crippen LogP contribution < -0.4 is 5.32 Å². The Balaban J connectivity index is 1.47. The summed E-state index contributed by atoms with van der Waals surface area (Å²) in [6.07, 6.45) is 0. The molecule has 0 spiro atoms. The van der Waals surface area contributed by atoms with Crippen molar-refractivity contribution in [2.45, 2.75) is 6.54 Å². The molecular formula is C18H12BrClN4O2. The van der Waals surface area contributed by atoms with E-state index >= 15 is 0 Å². The second-order valence-corrected chi connectivity index (χ2v) is 6.79. The van der Waals surface area contributed by atoms with Crippen molar-refractivity contribution in [2.24, 2.45) is 0 Å². The average molecular weight is 432 g/mol. The van der Waals surface area contributed by atoms with Crippen LogP contribution in [-0.4, -0.2) is 21.0 Å². The normalized spacial score (nSPS) is 11.0. The van der Waals surface area contributed by atoms with Crippen LogP contribution in [0.5, 0.6) is 0 Å². The first-order chi connectivity index (χ1) is 12.6. The van der Waals surface area contributed by atoms with Crippen molar-refractivity contribution in [1.29, 1.82) is 0 Å². The zero-order valence-electron chi connectivity index (χ0n) is 13.3. The molecule has 2 aromatic carbocycles. The Morgan fingerprint density at radius 1 is 1.19 bits per heavy atom. The number of nitrogens with zero attached hydrogens (tertiary/aromatic N) is 2. The highest BCUT2D eigenvalue weighted by atomic mass is 79.9. The van der Waals surface area contributed by atoms with E-state index in [1.54, 1.807) is 24.3 Å². The Morgan fingerprint density at radius 3 is 2.73 bits per heavy atom. The van der Waals surface area contributed by atoms with Crippen LogP contribution in [0.15, 0.2) is 57.5 Å². The fourth-order valence-electron chi connectivity index (χ4n) is 2.55. The molecule has 0 unspecified atom stereocenters. The van der Waals surface area contributed by atoms with Gasteiger partial charge in [0, 0.05) is 21.5 Å². The molecule has 0 atom stereocenters. The van der Waals surface area contributed by atoms with Gasteiger partial charge >= 0.3 is 0 Å². The highest BCUT2D eigenvalue weighted by molar-refractivity contribution is 9.10. The number of hydrogen-bond donors (Lipinski definition) is 2. The van der Waals surface area contributed by atoms with Gasteiger partial charge < -0.3 is 14.8 Å². The zero-order chi connectivity index (χ0) is 18.1. The number of carbonyl (C=O) groups is 1. The second-order valence-electron chi connectivity index (χ2n) is 5.56. The van der Waals surface area contributed by atoms with Crippen LogP contribution >= 0.6 is 27.5 Å². The van der Waals surface area contributed by atoms with Crippen LogP contribution in [0, 0.1) is 0 Å². The van der Waals surface area contributed by atoms with Gasteiger partial charge in [-0.05, 0) is 46.3 Å². The van der Waals surface area contributed by atoms with E-state index in [1.165, 1.54) is 0 Å². The molecule has 1 amide bonds. The molecule has 0 aliphatic carbocycles. The zero-order valence-corrected chi connectivity index (χ0v) is 15.6. The van der Waals surface area contributed by atoms with Crippen LogP contribution in [0.2, 0.25) is 5.02 Å². The summed E-state index contributed by atoms with van der Waals surface area (Å²) < 4.78 is 5.91. The van der Waals surface area contributed by atoms with Gasteiger partial charge in [0.25, 0.3) is 5.91 Å². The molecule has 2 aromatic heterocycles. The van der Waals surface area contributed by atoms with Gasteiger partial charge in [0.1, 0.15) is 5.69 Å². The summed E-state index contributed by atoms with van der Waals surface area (Å²) in [7, 11) is 0. The standard InChI is InChI=1S/C18H12BrClN4O2/c19-15-12-3-1-2-4-13(12)22-16(15)18(25)21-9-14-23-17(24-26-14)10-5-7-11(20)8-6-10/h1-8,22H,9H2,(H,21,25). The largest absolute Gasteiger partial charge is 0.350 e. The van der Waals surface area contributed by atoms with E-state index in [0.717, 1.165) is 20.9 Å². The Hall–Kier alpha value is -2.64. The molecule has 4 rings (SSSR count). The molecule has 0 radical (unpaired) electrons. The van der Waals surface area contributed by atoms with Gasteiger partial charge in [-0.25, -0.2) is 0 Å². The average Bonchev–Trinajstić information content (AvgIpc) is 3.26. The number of rotatable bonds is 4. The molecular weight excluding hydrogens is 420 g/mol. The molecule has 0 fully saturated rings.